The molecular weight excluding hydrogens is 360 g/mol. The Labute approximate surface area is 143 Å². The Morgan fingerprint density at radius 2 is 1.38 bits per heavy atom. The summed E-state index contributed by atoms with van der Waals surface area (Å²) in [5, 5.41) is 1.46. The maximum atomic E-state index is 12.6. The van der Waals surface area contributed by atoms with Crippen LogP contribution in [0.25, 0.3) is 0 Å². The zero-order chi connectivity index (χ0) is 19.0. The molecule has 0 rings (SSSR count). The first-order chi connectivity index (χ1) is 11.0. The van der Waals surface area contributed by atoms with Crippen molar-refractivity contribution in [1.82, 2.24) is 5.32 Å². The molecule has 0 aliphatic carbocycles. The quantitative estimate of drug-likeness (QED) is 0.446. The Balaban J connectivity index is 4.85. The van der Waals surface area contributed by atoms with Crippen molar-refractivity contribution in [3.8, 4) is 0 Å². The van der Waals surface area contributed by atoms with E-state index in [1.165, 1.54) is 28.4 Å². The van der Waals surface area contributed by atoms with Crippen LogP contribution in [-0.4, -0.2) is 52.1 Å². The van der Waals surface area contributed by atoms with Crippen LogP contribution in [0, 0.1) is 0 Å². The molecule has 0 aromatic rings. The van der Waals surface area contributed by atoms with E-state index in [1.54, 1.807) is 20.8 Å². The average molecular weight is 389 g/mol. The monoisotopic (exact) mass is 389 g/mol. The van der Waals surface area contributed by atoms with Crippen molar-refractivity contribution in [2.24, 2.45) is 0 Å². The first kappa shape index (κ1) is 23.6. The minimum absolute atomic E-state index is 0.133. The third kappa shape index (κ3) is 7.21. The zero-order valence-corrected chi connectivity index (χ0v) is 17.1. The van der Waals surface area contributed by atoms with E-state index in [0.29, 0.717) is 6.42 Å². The van der Waals surface area contributed by atoms with Gasteiger partial charge < -0.3 is 28.1 Å². The summed E-state index contributed by atoms with van der Waals surface area (Å²) in [4.78, 5) is 11.6. The second kappa shape index (κ2) is 9.90. The van der Waals surface area contributed by atoms with Gasteiger partial charge in [-0.3, -0.25) is 9.13 Å². The molecule has 1 N–H and O–H groups in total. The molecule has 0 heterocycles. The second-order valence-electron chi connectivity index (χ2n) is 5.86. The minimum Gasteiger partial charge on any atom is -0.444 e. The first-order valence-electron chi connectivity index (χ1n) is 7.37. The summed E-state index contributed by atoms with van der Waals surface area (Å²) < 4.78 is 50.1. The van der Waals surface area contributed by atoms with Gasteiger partial charge in [0, 0.05) is 35.0 Å². The minimum atomic E-state index is -3.70. The lowest BCUT2D eigenvalue weighted by molar-refractivity contribution is 0.0527. The van der Waals surface area contributed by atoms with Gasteiger partial charge in [0.1, 0.15) is 5.60 Å². The van der Waals surface area contributed by atoms with Crippen LogP contribution in [0.4, 0.5) is 4.79 Å². The van der Waals surface area contributed by atoms with Gasteiger partial charge in [0.25, 0.3) is 0 Å². The van der Waals surface area contributed by atoms with Gasteiger partial charge >= 0.3 is 21.3 Å². The van der Waals surface area contributed by atoms with E-state index in [4.69, 9.17) is 22.8 Å². The molecule has 0 aliphatic heterocycles. The standard InChI is InChI=1S/C13H29NO8P2/c1-13(2,3)22-12(15)14-10-8-9-11(23(16,18-4)19-5)24(17,20-6)21-7/h11H,8-10H2,1-7H3,(H,14,15). The van der Waals surface area contributed by atoms with Crippen LogP contribution < -0.4 is 5.32 Å². The van der Waals surface area contributed by atoms with Crippen LogP contribution in [0.2, 0.25) is 0 Å². The number of amides is 1. The number of carbonyl (C=O) groups excluding carboxylic acids is 1. The predicted molar refractivity (Wildman–Crippen MR) is 90.5 cm³/mol. The van der Waals surface area contributed by atoms with Crippen LogP contribution in [-0.2, 0) is 32.0 Å². The van der Waals surface area contributed by atoms with Gasteiger partial charge in [0.2, 0.25) is 0 Å². The summed E-state index contributed by atoms with van der Waals surface area (Å²) in [5.41, 5.74) is -0.601. The van der Waals surface area contributed by atoms with Crippen LogP contribution in [0.1, 0.15) is 33.6 Å². The van der Waals surface area contributed by atoms with Crippen molar-refractivity contribution < 1.29 is 36.8 Å². The number of alkyl carbamates (subject to hydrolysis) is 1. The highest BCUT2D eigenvalue weighted by Gasteiger charge is 2.48. The molecule has 9 nitrogen and oxygen atoms in total. The van der Waals surface area contributed by atoms with E-state index in [0.717, 1.165) is 0 Å². The number of hydrogen-bond acceptors (Lipinski definition) is 8. The van der Waals surface area contributed by atoms with Crippen LogP contribution >= 0.6 is 15.2 Å². The summed E-state index contributed by atoms with van der Waals surface area (Å²) >= 11 is 0. The molecule has 0 bridgehead atoms. The number of carbonyl (C=O) groups is 1. The van der Waals surface area contributed by atoms with Crippen molar-refractivity contribution in [2.75, 3.05) is 35.0 Å². The summed E-state index contributed by atoms with van der Waals surface area (Å²) in [6.45, 7) is 5.49. The molecule has 0 fully saturated rings. The molecule has 1 amide bonds. The molecular formula is C13H29NO8P2. The summed E-state index contributed by atoms with van der Waals surface area (Å²) in [6.07, 6.45) is -0.0900. The van der Waals surface area contributed by atoms with Gasteiger partial charge in [-0.25, -0.2) is 4.79 Å². The van der Waals surface area contributed by atoms with E-state index < -0.39 is 32.3 Å². The molecule has 0 saturated carbocycles. The molecule has 144 valence electrons. The van der Waals surface area contributed by atoms with Crippen molar-refractivity contribution in [1.29, 1.82) is 0 Å². The van der Waals surface area contributed by atoms with Crippen LogP contribution in [0.3, 0.4) is 0 Å². The molecule has 0 saturated heterocycles. The molecule has 0 atom stereocenters. The van der Waals surface area contributed by atoms with Gasteiger partial charge in [-0.2, -0.15) is 0 Å². The Bertz CT molecular complexity index is 449. The summed E-state index contributed by atoms with van der Waals surface area (Å²) in [5.74, 6) is 0. The summed E-state index contributed by atoms with van der Waals surface area (Å²) in [7, 11) is -2.60. The van der Waals surface area contributed by atoms with E-state index in [9.17, 15) is 13.9 Å². The highest BCUT2D eigenvalue weighted by molar-refractivity contribution is 7.72. The fourth-order valence-corrected chi connectivity index (χ4v) is 6.70. The molecule has 0 unspecified atom stereocenters. The Morgan fingerprint density at radius 3 is 1.71 bits per heavy atom. The van der Waals surface area contributed by atoms with E-state index >= 15 is 0 Å². The van der Waals surface area contributed by atoms with E-state index in [-0.39, 0.29) is 13.0 Å². The number of ether oxygens (including phenoxy) is 1. The Morgan fingerprint density at radius 1 is 0.958 bits per heavy atom. The third-order valence-electron chi connectivity index (χ3n) is 3.06. The number of hydrogen-bond donors (Lipinski definition) is 1. The largest absolute Gasteiger partial charge is 0.444 e. The lowest BCUT2D eigenvalue weighted by atomic mass is 10.2. The highest BCUT2D eigenvalue weighted by Crippen LogP contribution is 2.70. The molecule has 0 aliphatic rings. The van der Waals surface area contributed by atoms with Gasteiger partial charge in [-0.05, 0) is 33.6 Å². The maximum Gasteiger partial charge on any atom is 0.407 e. The lowest BCUT2D eigenvalue weighted by Crippen LogP contribution is -2.33. The van der Waals surface area contributed by atoms with Crippen molar-refractivity contribution in [2.45, 2.75) is 44.6 Å². The molecule has 24 heavy (non-hydrogen) atoms. The van der Waals surface area contributed by atoms with Crippen molar-refractivity contribution in [3.63, 3.8) is 0 Å². The SMILES string of the molecule is COP(=O)(OC)C(CCCNC(=O)OC(C)(C)C)P(=O)(OC)OC. The zero-order valence-electron chi connectivity index (χ0n) is 15.4. The molecule has 0 spiro atoms. The first-order valence-corrected chi connectivity index (χ1v) is 10.6. The topological polar surface area (TPSA) is 109 Å². The predicted octanol–water partition coefficient (Wildman–Crippen LogP) is 3.59. The fraction of sp³-hybridized carbons (Fsp3) is 0.923. The third-order valence-corrected chi connectivity index (χ3v) is 8.76. The Kier molecular flexibility index (Phi) is 9.72. The van der Waals surface area contributed by atoms with E-state index in [1.807, 2.05) is 0 Å². The number of rotatable bonds is 10. The lowest BCUT2D eigenvalue weighted by Gasteiger charge is -2.28. The van der Waals surface area contributed by atoms with Gasteiger partial charge in [-0.1, -0.05) is 0 Å². The molecule has 11 heteroatoms. The Hall–Kier alpha value is -0.430. The molecule has 0 aromatic carbocycles. The highest BCUT2D eigenvalue weighted by atomic mass is 31.2. The van der Waals surface area contributed by atoms with Crippen LogP contribution in [0.15, 0.2) is 0 Å². The summed E-state index contributed by atoms with van der Waals surface area (Å²) in [6, 6.07) is 0. The molecule has 0 radical (unpaired) electrons. The number of nitrogens with one attached hydrogen (secondary N) is 1. The van der Waals surface area contributed by atoms with Crippen LogP contribution in [0.5, 0.6) is 0 Å². The maximum absolute atomic E-state index is 12.6. The van der Waals surface area contributed by atoms with Gasteiger partial charge in [-0.15, -0.1) is 0 Å². The average Bonchev–Trinajstić information content (AvgIpc) is 2.51. The van der Waals surface area contributed by atoms with E-state index in [2.05, 4.69) is 5.32 Å². The van der Waals surface area contributed by atoms with Crippen molar-refractivity contribution >= 4 is 21.3 Å². The molecule has 0 aromatic heterocycles. The van der Waals surface area contributed by atoms with Gasteiger partial charge in [0.05, 0.1) is 0 Å². The van der Waals surface area contributed by atoms with Crippen molar-refractivity contribution in [3.05, 3.63) is 0 Å². The van der Waals surface area contributed by atoms with Gasteiger partial charge in [0.15, 0.2) is 5.40 Å². The fourth-order valence-electron chi connectivity index (χ4n) is 1.91. The second-order valence-corrected chi connectivity index (χ2v) is 11.1. The smallest absolute Gasteiger partial charge is 0.407 e. The normalized spacial score (nSPS) is 13.2.